The van der Waals surface area contributed by atoms with Crippen LogP contribution in [0, 0.1) is 0 Å². The van der Waals surface area contributed by atoms with Gasteiger partial charge in [-0.15, -0.1) is 0 Å². The normalized spacial score (nSPS) is 34.1. The van der Waals surface area contributed by atoms with E-state index in [1.807, 2.05) is 0 Å². The Kier molecular flexibility index (Phi) is 3.02. The molecule has 0 aromatic heterocycles. The van der Waals surface area contributed by atoms with Gasteiger partial charge < -0.3 is 9.57 Å². The number of nitrogens with zero attached hydrogens (tertiary/aromatic N) is 2. The average Bonchev–Trinajstić information content (AvgIpc) is 2.15. The minimum Gasteiger partial charge on any atom is -0.378 e. The van der Waals surface area contributed by atoms with E-state index >= 15 is 0 Å². The van der Waals surface area contributed by atoms with Gasteiger partial charge in [-0.3, -0.25) is 4.90 Å². The molecule has 15 heavy (non-hydrogen) atoms. The van der Waals surface area contributed by atoms with Gasteiger partial charge in [0.15, 0.2) is 0 Å². The van der Waals surface area contributed by atoms with Crippen LogP contribution in [0.1, 0.15) is 19.8 Å². The van der Waals surface area contributed by atoms with Gasteiger partial charge >= 0.3 is 5.97 Å². The molecule has 2 heterocycles. The number of ether oxygens (including phenoxy) is 1. The van der Waals surface area contributed by atoms with Crippen LogP contribution in [0.25, 0.3) is 0 Å². The number of morpholine rings is 1. The van der Waals surface area contributed by atoms with Gasteiger partial charge in [-0.25, -0.2) is 4.79 Å². The average molecular weight is 212 g/mol. The molecule has 84 valence electrons. The molecular weight excluding hydrogens is 196 g/mol. The third-order valence-electron chi connectivity index (χ3n) is 3.02. The first-order valence-corrected chi connectivity index (χ1v) is 5.20. The van der Waals surface area contributed by atoms with Gasteiger partial charge in [0, 0.05) is 31.8 Å². The SMILES string of the molecule is CC(=O)ON=C1C[C@H]2COC[C@@H](C1)N2C. The van der Waals surface area contributed by atoms with Crippen molar-refractivity contribution in [1.29, 1.82) is 0 Å². The molecule has 2 atom stereocenters. The molecule has 0 unspecified atom stereocenters. The quantitative estimate of drug-likeness (QED) is 0.466. The van der Waals surface area contributed by atoms with Crippen LogP contribution >= 0.6 is 0 Å². The minimum atomic E-state index is -0.358. The summed E-state index contributed by atoms with van der Waals surface area (Å²) in [5.41, 5.74) is 0.974. The highest BCUT2D eigenvalue weighted by Gasteiger charge is 2.35. The van der Waals surface area contributed by atoms with Gasteiger partial charge in [-0.2, -0.15) is 0 Å². The van der Waals surface area contributed by atoms with Crippen molar-refractivity contribution < 1.29 is 14.4 Å². The standard InChI is InChI=1S/C10H16N2O3/c1-7(13)15-11-8-3-9-5-14-6-10(4-8)12(9)2/h9-10H,3-6H2,1-2H3/t9-,10+. The molecule has 0 aromatic rings. The van der Waals surface area contributed by atoms with Crippen molar-refractivity contribution in [2.45, 2.75) is 31.8 Å². The fourth-order valence-electron chi connectivity index (χ4n) is 2.11. The molecule has 0 spiro atoms. The predicted molar refractivity (Wildman–Crippen MR) is 54.6 cm³/mol. The summed E-state index contributed by atoms with van der Waals surface area (Å²) < 4.78 is 5.48. The second-order valence-electron chi connectivity index (χ2n) is 4.16. The minimum absolute atomic E-state index is 0.358. The molecule has 0 radical (unpaired) electrons. The molecule has 2 rings (SSSR count). The lowest BCUT2D eigenvalue weighted by Gasteiger charge is -2.43. The maximum atomic E-state index is 10.6. The zero-order chi connectivity index (χ0) is 10.8. The molecule has 2 aliphatic rings. The Balaban J connectivity index is 2.01. The Morgan fingerprint density at radius 3 is 2.60 bits per heavy atom. The summed E-state index contributed by atoms with van der Waals surface area (Å²) in [6.45, 7) is 2.85. The number of fused-ring (bicyclic) bond motifs is 2. The van der Waals surface area contributed by atoms with Gasteiger partial charge in [-0.1, -0.05) is 5.16 Å². The van der Waals surface area contributed by atoms with Crippen molar-refractivity contribution >= 4 is 11.7 Å². The number of oxime groups is 1. The predicted octanol–water partition coefficient (Wildman–Crippen LogP) is 0.399. The van der Waals surface area contributed by atoms with Gasteiger partial charge in [-0.05, 0) is 7.05 Å². The second-order valence-corrected chi connectivity index (χ2v) is 4.16. The Labute approximate surface area is 89.0 Å². The third-order valence-corrected chi connectivity index (χ3v) is 3.02. The Hall–Kier alpha value is -0.940. The molecule has 2 bridgehead atoms. The van der Waals surface area contributed by atoms with E-state index in [0.717, 1.165) is 31.8 Å². The maximum Gasteiger partial charge on any atom is 0.331 e. The summed E-state index contributed by atoms with van der Waals surface area (Å²) in [4.78, 5) is 17.6. The summed E-state index contributed by atoms with van der Waals surface area (Å²) in [7, 11) is 2.11. The summed E-state index contributed by atoms with van der Waals surface area (Å²) in [5, 5.41) is 3.88. The maximum absolute atomic E-state index is 10.6. The number of carbonyl (C=O) groups excluding carboxylic acids is 1. The number of likely N-dealkylation sites (N-methyl/N-ethyl adjacent to an activating group) is 1. The Morgan fingerprint density at radius 1 is 1.47 bits per heavy atom. The summed E-state index contributed by atoms with van der Waals surface area (Å²) in [6.07, 6.45) is 1.67. The van der Waals surface area contributed by atoms with Crippen molar-refractivity contribution in [3.8, 4) is 0 Å². The van der Waals surface area contributed by atoms with E-state index in [4.69, 9.17) is 4.74 Å². The lowest BCUT2D eigenvalue weighted by Crippen LogP contribution is -2.55. The van der Waals surface area contributed by atoms with Crippen molar-refractivity contribution in [1.82, 2.24) is 4.90 Å². The van der Waals surface area contributed by atoms with Crippen LogP contribution in [0.15, 0.2) is 5.16 Å². The number of rotatable bonds is 1. The highest BCUT2D eigenvalue weighted by Crippen LogP contribution is 2.24. The van der Waals surface area contributed by atoms with Crippen molar-refractivity contribution in [2.75, 3.05) is 20.3 Å². The van der Waals surface area contributed by atoms with Crippen molar-refractivity contribution in [2.24, 2.45) is 5.16 Å². The molecule has 0 saturated carbocycles. The van der Waals surface area contributed by atoms with Crippen LogP contribution in [0.5, 0.6) is 0 Å². The first-order chi connectivity index (χ1) is 7.16. The van der Waals surface area contributed by atoms with E-state index < -0.39 is 0 Å². The Morgan fingerprint density at radius 2 is 2.07 bits per heavy atom. The molecule has 0 aromatic carbocycles. The molecule has 0 amide bonds. The lowest BCUT2D eigenvalue weighted by molar-refractivity contribution is -0.141. The van der Waals surface area contributed by atoms with Crippen LogP contribution in [-0.2, 0) is 14.4 Å². The zero-order valence-corrected chi connectivity index (χ0v) is 9.10. The van der Waals surface area contributed by atoms with E-state index in [-0.39, 0.29) is 5.97 Å². The van der Waals surface area contributed by atoms with Crippen molar-refractivity contribution in [3.63, 3.8) is 0 Å². The van der Waals surface area contributed by atoms with Crippen LogP contribution < -0.4 is 0 Å². The monoisotopic (exact) mass is 212 g/mol. The molecular formula is C10H16N2O3. The van der Waals surface area contributed by atoms with E-state index in [2.05, 4.69) is 21.9 Å². The molecule has 2 aliphatic heterocycles. The van der Waals surface area contributed by atoms with E-state index in [0.29, 0.717) is 12.1 Å². The van der Waals surface area contributed by atoms with Crippen LogP contribution in [0.4, 0.5) is 0 Å². The van der Waals surface area contributed by atoms with Crippen LogP contribution in [0.2, 0.25) is 0 Å². The number of carbonyl (C=O) groups is 1. The number of hydrogen-bond acceptors (Lipinski definition) is 5. The fraction of sp³-hybridized carbons (Fsp3) is 0.800. The molecule has 0 N–H and O–H groups in total. The largest absolute Gasteiger partial charge is 0.378 e. The molecule has 5 nitrogen and oxygen atoms in total. The first-order valence-electron chi connectivity index (χ1n) is 5.20. The summed E-state index contributed by atoms with van der Waals surface area (Å²) in [6, 6.07) is 0.763. The second kappa shape index (κ2) is 4.28. The molecule has 0 aliphatic carbocycles. The fourth-order valence-corrected chi connectivity index (χ4v) is 2.11. The van der Waals surface area contributed by atoms with Gasteiger partial charge in [0.05, 0.1) is 18.9 Å². The van der Waals surface area contributed by atoms with Crippen molar-refractivity contribution in [3.05, 3.63) is 0 Å². The van der Waals surface area contributed by atoms with Gasteiger partial charge in [0.1, 0.15) is 0 Å². The molecule has 5 heteroatoms. The van der Waals surface area contributed by atoms with Crippen LogP contribution in [-0.4, -0.2) is 48.9 Å². The summed E-state index contributed by atoms with van der Waals surface area (Å²) >= 11 is 0. The van der Waals surface area contributed by atoms with Gasteiger partial charge in [0.25, 0.3) is 0 Å². The highest BCUT2D eigenvalue weighted by atomic mass is 16.7. The first kappa shape index (κ1) is 10.6. The zero-order valence-electron chi connectivity index (χ0n) is 9.10. The smallest absolute Gasteiger partial charge is 0.331 e. The number of hydrogen-bond donors (Lipinski definition) is 0. The highest BCUT2D eigenvalue weighted by molar-refractivity contribution is 5.86. The summed E-state index contributed by atoms with van der Waals surface area (Å²) in [5.74, 6) is -0.358. The Bertz CT molecular complexity index is 274. The van der Waals surface area contributed by atoms with E-state index in [1.54, 1.807) is 0 Å². The van der Waals surface area contributed by atoms with Gasteiger partial charge in [0.2, 0.25) is 0 Å². The van der Waals surface area contributed by atoms with Crippen LogP contribution in [0.3, 0.4) is 0 Å². The topological polar surface area (TPSA) is 51.1 Å². The third kappa shape index (κ3) is 2.35. The molecule has 2 fully saturated rings. The lowest BCUT2D eigenvalue weighted by atomic mass is 9.93. The molecule has 2 saturated heterocycles. The van der Waals surface area contributed by atoms with E-state index in [9.17, 15) is 4.79 Å². The van der Waals surface area contributed by atoms with E-state index in [1.165, 1.54) is 6.92 Å². The number of piperidine rings is 1.